The number of hydrogen-bond donors (Lipinski definition) is 2. The van der Waals surface area contributed by atoms with Gasteiger partial charge in [0.2, 0.25) is 0 Å². The van der Waals surface area contributed by atoms with Crippen molar-refractivity contribution in [1.29, 1.82) is 0 Å². The number of phenolic OH excluding ortho intramolecular Hbond substituents is 1. The molecule has 0 aliphatic carbocycles. The number of ether oxygens (including phenoxy) is 1. The standard InChI is InChI=1S/C15H18ClN3O2/c1-19(2)13-4-5-17-9-12(13)18-8-10-6-11(16)7-14(21-3)15(10)20/h4-7,9,18,20H,8H2,1-3H3. The van der Waals surface area contributed by atoms with Crippen LogP contribution in [-0.4, -0.2) is 31.3 Å². The average Bonchev–Trinajstić information content (AvgIpc) is 2.47. The number of phenols is 1. The third-order valence-electron chi connectivity index (χ3n) is 3.09. The Morgan fingerprint density at radius 1 is 1.38 bits per heavy atom. The lowest BCUT2D eigenvalue weighted by Crippen LogP contribution is -2.12. The molecule has 0 aliphatic heterocycles. The number of methoxy groups -OCH3 is 1. The lowest BCUT2D eigenvalue weighted by Gasteiger charge is -2.18. The molecule has 0 spiro atoms. The number of halogens is 1. The van der Waals surface area contributed by atoms with Gasteiger partial charge in [-0.3, -0.25) is 4.98 Å². The van der Waals surface area contributed by atoms with E-state index >= 15 is 0 Å². The second kappa shape index (κ2) is 6.54. The van der Waals surface area contributed by atoms with Gasteiger partial charge in [0.1, 0.15) is 0 Å². The van der Waals surface area contributed by atoms with E-state index in [1.807, 2.05) is 25.1 Å². The normalized spacial score (nSPS) is 10.3. The van der Waals surface area contributed by atoms with Crippen LogP contribution in [0.3, 0.4) is 0 Å². The molecule has 6 heteroatoms. The summed E-state index contributed by atoms with van der Waals surface area (Å²) in [6.45, 7) is 0.412. The Bertz CT molecular complexity index is 632. The van der Waals surface area contributed by atoms with Gasteiger partial charge in [0, 0.05) is 43.5 Å². The van der Waals surface area contributed by atoms with Crippen LogP contribution >= 0.6 is 11.6 Å². The fourth-order valence-electron chi connectivity index (χ4n) is 2.02. The van der Waals surface area contributed by atoms with Crippen LogP contribution in [0.5, 0.6) is 11.5 Å². The molecule has 2 N–H and O–H groups in total. The van der Waals surface area contributed by atoms with Crippen molar-refractivity contribution in [2.24, 2.45) is 0 Å². The van der Waals surface area contributed by atoms with Crippen LogP contribution in [0.4, 0.5) is 11.4 Å². The third kappa shape index (κ3) is 3.49. The van der Waals surface area contributed by atoms with Gasteiger partial charge in [-0.25, -0.2) is 0 Å². The number of nitrogens with one attached hydrogen (secondary N) is 1. The van der Waals surface area contributed by atoms with Gasteiger partial charge < -0.3 is 20.1 Å². The molecule has 0 unspecified atom stereocenters. The van der Waals surface area contributed by atoms with Crippen molar-refractivity contribution in [3.05, 3.63) is 41.2 Å². The van der Waals surface area contributed by atoms with E-state index in [9.17, 15) is 5.11 Å². The molecular weight excluding hydrogens is 290 g/mol. The first-order valence-corrected chi connectivity index (χ1v) is 6.81. The number of nitrogens with zero attached hydrogens (tertiary/aromatic N) is 2. The lowest BCUT2D eigenvalue weighted by molar-refractivity contribution is 0.371. The van der Waals surface area contributed by atoms with E-state index in [2.05, 4.69) is 10.3 Å². The number of rotatable bonds is 5. The van der Waals surface area contributed by atoms with Gasteiger partial charge in [-0.05, 0) is 12.1 Å². The molecule has 0 fully saturated rings. The molecule has 2 aromatic rings. The molecule has 1 aromatic carbocycles. The number of benzene rings is 1. The zero-order valence-corrected chi connectivity index (χ0v) is 13.0. The summed E-state index contributed by atoms with van der Waals surface area (Å²) in [6.07, 6.45) is 3.48. The van der Waals surface area contributed by atoms with Crippen LogP contribution < -0.4 is 15.0 Å². The highest BCUT2D eigenvalue weighted by Gasteiger charge is 2.11. The first kappa shape index (κ1) is 15.3. The second-order valence-corrected chi connectivity index (χ2v) is 5.19. The third-order valence-corrected chi connectivity index (χ3v) is 3.31. The first-order chi connectivity index (χ1) is 10.0. The van der Waals surface area contributed by atoms with Crippen molar-refractivity contribution in [1.82, 2.24) is 4.98 Å². The molecule has 0 atom stereocenters. The topological polar surface area (TPSA) is 57.6 Å². The maximum Gasteiger partial charge on any atom is 0.162 e. The molecule has 2 rings (SSSR count). The summed E-state index contributed by atoms with van der Waals surface area (Å²) < 4.78 is 5.10. The summed E-state index contributed by atoms with van der Waals surface area (Å²) in [5.74, 6) is 0.447. The first-order valence-electron chi connectivity index (χ1n) is 6.43. The van der Waals surface area contributed by atoms with Gasteiger partial charge in [-0.2, -0.15) is 0 Å². The average molecular weight is 308 g/mol. The van der Waals surface area contributed by atoms with E-state index in [0.717, 1.165) is 11.4 Å². The minimum Gasteiger partial charge on any atom is -0.504 e. The number of aromatic hydroxyl groups is 1. The summed E-state index contributed by atoms with van der Waals surface area (Å²) in [6, 6.07) is 5.20. The molecule has 0 aliphatic rings. The Morgan fingerprint density at radius 3 is 2.81 bits per heavy atom. The molecule has 112 valence electrons. The maximum atomic E-state index is 10.1. The molecular formula is C15H18ClN3O2. The monoisotopic (exact) mass is 307 g/mol. The maximum absolute atomic E-state index is 10.1. The van der Waals surface area contributed by atoms with E-state index < -0.39 is 0 Å². The van der Waals surface area contributed by atoms with Gasteiger partial charge in [-0.15, -0.1) is 0 Å². The minimum atomic E-state index is 0.0877. The van der Waals surface area contributed by atoms with E-state index in [1.165, 1.54) is 7.11 Å². The summed E-state index contributed by atoms with van der Waals surface area (Å²) in [4.78, 5) is 6.10. The van der Waals surface area contributed by atoms with Crippen LogP contribution in [0.2, 0.25) is 5.02 Å². The molecule has 1 heterocycles. The Kier molecular flexibility index (Phi) is 4.75. The molecule has 0 saturated heterocycles. The van der Waals surface area contributed by atoms with Crippen LogP contribution in [0, 0.1) is 0 Å². The fourth-order valence-corrected chi connectivity index (χ4v) is 2.25. The van der Waals surface area contributed by atoms with Crippen LogP contribution in [0.1, 0.15) is 5.56 Å². The van der Waals surface area contributed by atoms with Crippen molar-refractivity contribution >= 4 is 23.0 Å². The van der Waals surface area contributed by atoms with E-state index in [4.69, 9.17) is 16.3 Å². The van der Waals surface area contributed by atoms with Gasteiger partial charge in [0.05, 0.1) is 24.7 Å². The highest BCUT2D eigenvalue weighted by Crippen LogP contribution is 2.34. The molecule has 0 bridgehead atoms. The zero-order chi connectivity index (χ0) is 15.4. The summed E-state index contributed by atoms with van der Waals surface area (Å²) in [7, 11) is 5.41. The van der Waals surface area contributed by atoms with Crippen LogP contribution in [0.15, 0.2) is 30.6 Å². The summed E-state index contributed by atoms with van der Waals surface area (Å²) in [5.41, 5.74) is 2.55. The molecule has 1 aromatic heterocycles. The highest BCUT2D eigenvalue weighted by molar-refractivity contribution is 6.30. The van der Waals surface area contributed by atoms with Gasteiger partial charge >= 0.3 is 0 Å². The van der Waals surface area contributed by atoms with E-state index in [1.54, 1.807) is 24.5 Å². The largest absolute Gasteiger partial charge is 0.504 e. The van der Waals surface area contributed by atoms with Crippen molar-refractivity contribution in [3.8, 4) is 11.5 Å². The Morgan fingerprint density at radius 2 is 2.14 bits per heavy atom. The van der Waals surface area contributed by atoms with Crippen molar-refractivity contribution in [2.45, 2.75) is 6.54 Å². The Labute approximate surface area is 129 Å². The Hall–Kier alpha value is -2.14. The van der Waals surface area contributed by atoms with Gasteiger partial charge in [-0.1, -0.05) is 11.6 Å². The van der Waals surface area contributed by atoms with Crippen molar-refractivity contribution < 1.29 is 9.84 Å². The highest BCUT2D eigenvalue weighted by atomic mass is 35.5. The summed E-state index contributed by atoms with van der Waals surface area (Å²) >= 11 is 6.02. The number of hydrogen-bond acceptors (Lipinski definition) is 5. The quantitative estimate of drug-likeness (QED) is 0.889. The molecule has 5 nitrogen and oxygen atoms in total. The van der Waals surface area contributed by atoms with Gasteiger partial charge in [0.25, 0.3) is 0 Å². The number of aromatic nitrogens is 1. The predicted molar refractivity (Wildman–Crippen MR) is 85.6 cm³/mol. The van der Waals surface area contributed by atoms with Gasteiger partial charge in [0.15, 0.2) is 11.5 Å². The van der Waals surface area contributed by atoms with Crippen LogP contribution in [0.25, 0.3) is 0 Å². The number of anilines is 2. The molecule has 0 amide bonds. The molecule has 21 heavy (non-hydrogen) atoms. The molecule has 0 radical (unpaired) electrons. The minimum absolute atomic E-state index is 0.0877. The van der Waals surface area contributed by atoms with E-state index in [0.29, 0.717) is 22.9 Å². The van der Waals surface area contributed by atoms with E-state index in [-0.39, 0.29) is 5.75 Å². The summed E-state index contributed by atoms with van der Waals surface area (Å²) in [5, 5.41) is 13.9. The SMILES string of the molecule is COc1cc(Cl)cc(CNc2cnccc2N(C)C)c1O. The van der Waals surface area contributed by atoms with Crippen molar-refractivity contribution in [2.75, 3.05) is 31.4 Å². The lowest BCUT2D eigenvalue weighted by atomic mass is 10.1. The molecule has 0 saturated carbocycles. The Balaban J connectivity index is 2.23. The van der Waals surface area contributed by atoms with Crippen LogP contribution in [-0.2, 0) is 6.54 Å². The number of pyridine rings is 1. The zero-order valence-electron chi connectivity index (χ0n) is 12.2. The fraction of sp³-hybridized carbons (Fsp3) is 0.267. The smallest absolute Gasteiger partial charge is 0.162 e. The second-order valence-electron chi connectivity index (χ2n) is 4.76. The van der Waals surface area contributed by atoms with Crippen molar-refractivity contribution in [3.63, 3.8) is 0 Å². The predicted octanol–water partition coefficient (Wildman–Crippen LogP) is 3.13.